The molecule has 0 fully saturated rings. The van der Waals surface area contributed by atoms with Crippen LogP contribution in [0.3, 0.4) is 0 Å². The monoisotopic (exact) mass is 349 g/mol. The molecule has 0 amide bonds. The molecule has 24 heavy (non-hydrogen) atoms. The first-order chi connectivity index (χ1) is 11.4. The number of aryl methyl sites for hydroxylation is 2. The summed E-state index contributed by atoms with van der Waals surface area (Å²) in [4.78, 5) is 0. The van der Waals surface area contributed by atoms with Crippen molar-refractivity contribution in [1.29, 1.82) is 0 Å². The first-order valence-electron chi connectivity index (χ1n) is 7.68. The lowest BCUT2D eigenvalue weighted by atomic mass is 10.1. The van der Waals surface area contributed by atoms with E-state index in [1.807, 2.05) is 43.3 Å². The lowest BCUT2D eigenvalue weighted by Gasteiger charge is -2.14. The zero-order valence-electron chi connectivity index (χ0n) is 14.2. The molecule has 2 aromatic carbocycles. The van der Waals surface area contributed by atoms with Crippen LogP contribution in [0.1, 0.15) is 16.7 Å². The van der Waals surface area contributed by atoms with Gasteiger partial charge in [-0.25, -0.2) is 13.1 Å². The molecule has 2 aromatic rings. The Kier molecular flexibility index (Phi) is 6.23. The Balaban J connectivity index is 2.03. The molecule has 0 radical (unpaired) electrons. The van der Waals surface area contributed by atoms with Gasteiger partial charge in [0.2, 0.25) is 10.0 Å². The number of sulfonamides is 1. The summed E-state index contributed by atoms with van der Waals surface area (Å²) in [6, 6.07) is 13.2. The standard InChI is InChI=1S/C18H23NO4S/c1-14-11-18(23-3)16(12-17(14)22-2)13-19-24(20,21)10-9-15-7-5-4-6-8-15/h4-8,11-12,19H,9-10,13H2,1-3H3. The topological polar surface area (TPSA) is 64.6 Å². The van der Waals surface area contributed by atoms with Gasteiger partial charge in [-0.1, -0.05) is 30.3 Å². The summed E-state index contributed by atoms with van der Waals surface area (Å²) in [6.45, 7) is 2.08. The molecule has 0 unspecified atom stereocenters. The van der Waals surface area contributed by atoms with Crippen molar-refractivity contribution in [2.45, 2.75) is 19.9 Å². The van der Waals surface area contributed by atoms with Crippen molar-refractivity contribution in [3.05, 3.63) is 59.2 Å². The van der Waals surface area contributed by atoms with E-state index in [4.69, 9.17) is 9.47 Å². The molecule has 0 aliphatic rings. The molecule has 0 aliphatic carbocycles. The fourth-order valence-corrected chi connectivity index (χ4v) is 3.43. The van der Waals surface area contributed by atoms with Gasteiger partial charge in [0, 0.05) is 12.1 Å². The third kappa shape index (κ3) is 4.97. The molecule has 0 bridgehead atoms. The zero-order chi connectivity index (χ0) is 17.6. The fourth-order valence-electron chi connectivity index (χ4n) is 2.41. The van der Waals surface area contributed by atoms with Gasteiger partial charge in [-0.15, -0.1) is 0 Å². The highest BCUT2D eigenvalue weighted by Gasteiger charge is 2.14. The predicted molar refractivity (Wildman–Crippen MR) is 95.1 cm³/mol. The first-order valence-corrected chi connectivity index (χ1v) is 9.33. The van der Waals surface area contributed by atoms with E-state index >= 15 is 0 Å². The molecule has 0 spiro atoms. The molecule has 130 valence electrons. The van der Waals surface area contributed by atoms with E-state index in [2.05, 4.69) is 4.72 Å². The smallest absolute Gasteiger partial charge is 0.212 e. The van der Waals surface area contributed by atoms with Gasteiger partial charge in [-0.3, -0.25) is 0 Å². The van der Waals surface area contributed by atoms with Crippen LogP contribution in [0.25, 0.3) is 0 Å². The molecule has 0 saturated carbocycles. The van der Waals surface area contributed by atoms with Crippen LogP contribution in [-0.4, -0.2) is 28.4 Å². The van der Waals surface area contributed by atoms with Gasteiger partial charge in [0.05, 0.1) is 20.0 Å². The second-order valence-electron chi connectivity index (χ2n) is 5.51. The molecule has 2 rings (SSSR count). The Morgan fingerprint density at radius 2 is 1.67 bits per heavy atom. The van der Waals surface area contributed by atoms with E-state index < -0.39 is 10.0 Å². The largest absolute Gasteiger partial charge is 0.496 e. The molecule has 6 heteroatoms. The van der Waals surface area contributed by atoms with Crippen LogP contribution in [0.2, 0.25) is 0 Å². The van der Waals surface area contributed by atoms with Crippen LogP contribution in [-0.2, 0) is 23.0 Å². The van der Waals surface area contributed by atoms with E-state index in [0.29, 0.717) is 17.9 Å². The van der Waals surface area contributed by atoms with E-state index in [-0.39, 0.29) is 12.3 Å². The predicted octanol–water partition coefficient (Wildman–Crippen LogP) is 2.67. The van der Waals surface area contributed by atoms with Crippen molar-refractivity contribution in [2.75, 3.05) is 20.0 Å². The first kappa shape index (κ1) is 18.3. The maximum absolute atomic E-state index is 12.2. The fraction of sp³-hybridized carbons (Fsp3) is 0.333. The Bertz CT molecular complexity index is 773. The molecule has 0 aromatic heterocycles. The van der Waals surface area contributed by atoms with Crippen molar-refractivity contribution in [3.8, 4) is 11.5 Å². The summed E-state index contributed by atoms with van der Waals surface area (Å²) in [5.41, 5.74) is 2.67. The van der Waals surface area contributed by atoms with Crippen molar-refractivity contribution in [1.82, 2.24) is 4.72 Å². The van der Waals surface area contributed by atoms with E-state index in [9.17, 15) is 8.42 Å². The average molecular weight is 349 g/mol. The highest BCUT2D eigenvalue weighted by Crippen LogP contribution is 2.28. The third-order valence-corrected chi connectivity index (χ3v) is 5.11. The second kappa shape index (κ2) is 8.17. The minimum absolute atomic E-state index is 0.0440. The van der Waals surface area contributed by atoms with Crippen LogP contribution in [0, 0.1) is 6.92 Å². The van der Waals surface area contributed by atoms with Crippen molar-refractivity contribution >= 4 is 10.0 Å². The van der Waals surface area contributed by atoms with Crippen molar-refractivity contribution in [3.63, 3.8) is 0 Å². The number of nitrogens with one attached hydrogen (secondary N) is 1. The van der Waals surface area contributed by atoms with Crippen LogP contribution in [0.5, 0.6) is 11.5 Å². The highest BCUT2D eigenvalue weighted by molar-refractivity contribution is 7.89. The number of hydrogen-bond donors (Lipinski definition) is 1. The van der Waals surface area contributed by atoms with Gasteiger partial charge in [0.25, 0.3) is 0 Å². The third-order valence-electron chi connectivity index (χ3n) is 3.78. The summed E-state index contributed by atoms with van der Waals surface area (Å²) >= 11 is 0. The molecule has 0 saturated heterocycles. The van der Waals surface area contributed by atoms with Gasteiger partial charge >= 0.3 is 0 Å². The molecule has 5 nitrogen and oxygen atoms in total. The quantitative estimate of drug-likeness (QED) is 0.796. The molecule has 0 heterocycles. The highest BCUT2D eigenvalue weighted by atomic mass is 32.2. The van der Waals surface area contributed by atoms with Crippen molar-refractivity contribution in [2.24, 2.45) is 0 Å². The lowest BCUT2D eigenvalue weighted by Crippen LogP contribution is -2.27. The van der Waals surface area contributed by atoms with Gasteiger partial charge < -0.3 is 9.47 Å². The minimum Gasteiger partial charge on any atom is -0.496 e. The minimum atomic E-state index is -3.38. The number of hydrogen-bond acceptors (Lipinski definition) is 4. The molecule has 0 aliphatic heterocycles. The Labute approximate surface area is 143 Å². The average Bonchev–Trinajstić information content (AvgIpc) is 2.59. The molecular weight excluding hydrogens is 326 g/mol. The number of ether oxygens (including phenoxy) is 2. The normalized spacial score (nSPS) is 11.3. The zero-order valence-corrected chi connectivity index (χ0v) is 15.0. The summed E-state index contributed by atoms with van der Waals surface area (Å²) in [5.74, 6) is 1.39. The van der Waals surface area contributed by atoms with E-state index in [1.54, 1.807) is 20.3 Å². The summed E-state index contributed by atoms with van der Waals surface area (Å²) in [7, 11) is -0.229. The summed E-state index contributed by atoms with van der Waals surface area (Å²) in [5, 5.41) is 0. The SMILES string of the molecule is COc1cc(CNS(=O)(=O)CCc2ccccc2)c(OC)cc1C. The summed E-state index contributed by atoms with van der Waals surface area (Å²) in [6.07, 6.45) is 0.477. The number of rotatable bonds is 8. The van der Waals surface area contributed by atoms with Gasteiger partial charge in [-0.2, -0.15) is 0 Å². The lowest BCUT2D eigenvalue weighted by molar-refractivity contribution is 0.396. The Morgan fingerprint density at radius 1 is 1.00 bits per heavy atom. The Hall–Kier alpha value is -2.05. The van der Waals surface area contributed by atoms with Crippen LogP contribution >= 0.6 is 0 Å². The maximum atomic E-state index is 12.2. The van der Waals surface area contributed by atoms with E-state index in [0.717, 1.165) is 16.7 Å². The number of benzene rings is 2. The molecule has 1 N–H and O–H groups in total. The molecular formula is C18H23NO4S. The van der Waals surface area contributed by atoms with E-state index in [1.165, 1.54) is 0 Å². The number of methoxy groups -OCH3 is 2. The summed E-state index contributed by atoms with van der Waals surface area (Å²) < 4.78 is 37.7. The van der Waals surface area contributed by atoms with Crippen LogP contribution < -0.4 is 14.2 Å². The molecule has 0 atom stereocenters. The van der Waals surface area contributed by atoms with Crippen LogP contribution in [0.15, 0.2) is 42.5 Å². The van der Waals surface area contributed by atoms with Crippen molar-refractivity contribution < 1.29 is 17.9 Å². The van der Waals surface area contributed by atoms with Gasteiger partial charge in [0.15, 0.2) is 0 Å². The second-order valence-corrected chi connectivity index (χ2v) is 7.44. The van der Waals surface area contributed by atoms with Crippen LogP contribution in [0.4, 0.5) is 0 Å². The Morgan fingerprint density at radius 3 is 2.29 bits per heavy atom. The van der Waals surface area contributed by atoms with Gasteiger partial charge in [-0.05, 0) is 36.6 Å². The maximum Gasteiger partial charge on any atom is 0.212 e. The van der Waals surface area contributed by atoms with Gasteiger partial charge in [0.1, 0.15) is 11.5 Å².